The minimum atomic E-state index is 0.678. The van der Waals surface area contributed by atoms with E-state index < -0.39 is 0 Å². The molecule has 74 valence electrons. The maximum Gasteiger partial charge on any atom is 0.178 e. The van der Waals surface area contributed by atoms with E-state index in [2.05, 4.69) is 20.1 Å². The van der Waals surface area contributed by atoms with Gasteiger partial charge in [-0.2, -0.15) is 0 Å². The van der Waals surface area contributed by atoms with Crippen LogP contribution in [0.25, 0.3) is 22.7 Å². The van der Waals surface area contributed by atoms with E-state index in [9.17, 15) is 0 Å². The molecule has 0 amide bonds. The van der Waals surface area contributed by atoms with Gasteiger partial charge in [0.05, 0.1) is 5.52 Å². The second-order valence-electron chi connectivity index (χ2n) is 3.35. The molecule has 0 spiro atoms. The van der Waals surface area contributed by atoms with E-state index in [1.54, 1.807) is 12.3 Å². The van der Waals surface area contributed by atoms with Crippen LogP contribution in [0.4, 0.5) is 0 Å². The Labute approximate surface area is 85.1 Å². The number of aromatic nitrogens is 4. The molecule has 3 rings (SSSR count). The number of nitrogens with zero attached hydrogens (tertiary/aromatic N) is 3. The van der Waals surface area contributed by atoms with E-state index in [0.29, 0.717) is 17.2 Å². The predicted octanol–water partition coefficient (Wildman–Crippen LogP) is 1.92. The summed E-state index contributed by atoms with van der Waals surface area (Å²) >= 11 is 0. The number of nitrogens with one attached hydrogen (secondary N) is 1. The Hall–Kier alpha value is -2.17. The van der Waals surface area contributed by atoms with Crippen molar-refractivity contribution in [1.29, 1.82) is 0 Å². The van der Waals surface area contributed by atoms with Gasteiger partial charge in [-0.1, -0.05) is 5.16 Å². The average molecular weight is 200 g/mol. The fraction of sp³-hybridized carbons (Fsp3) is 0.100. The molecule has 0 aliphatic heterocycles. The van der Waals surface area contributed by atoms with Gasteiger partial charge in [-0.05, 0) is 18.6 Å². The number of fused-ring (bicyclic) bond motifs is 1. The molecule has 3 aromatic heterocycles. The van der Waals surface area contributed by atoms with Crippen LogP contribution in [0.5, 0.6) is 0 Å². The van der Waals surface area contributed by atoms with E-state index in [-0.39, 0.29) is 0 Å². The van der Waals surface area contributed by atoms with Gasteiger partial charge < -0.3 is 9.51 Å². The summed E-state index contributed by atoms with van der Waals surface area (Å²) in [7, 11) is 0. The first-order valence-electron chi connectivity index (χ1n) is 4.56. The van der Waals surface area contributed by atoms with Gasteiger partial charge in [-0.25, -0.2) is 9.97 Å². The molecule has 0 fully saturated rings. The van der Waals surface area contributed by atoms with Crippen molar-refractivity contribution >= 4 is 11.2 Å². The fourth-order valence-corrected chi connectivity index (χ4v) is 1.46. The average Bonchev–Trinajstić information content (AvgIpc) is 2.84. The zero-order valence-electron chi connectivity index (χ0n) is 8.06. The van der Waals surface area contributed by atoms with Crippen molar-refractivity contribution in [2.24, 2.45) is 0 Å². The maximum absolute atomic E-state index is 4.76. The molecule has 0 bridgehead atoms. The summed E-state index contributed by atoms with van der Waals surface area (Å²) in [5, 5.41) is 3.81. The van der Waals surface area contributed by atoms with Crippen LogP contribution in [0, 0.1) is 6.92 Å². The van der Waals surface area contributed by atoms with E-state index >= 15 is 0 Å². The van der Waals surface area contributed by atoms with Crippen LogP contribution in [0.1, 0.15) is 5.56 Å². The number of aromatic amines is 1. The molecular weight excluding hydrogens is 192 g/mol. The standard InChI is InChI=1S/C10H8N4O/c1-6-4-8-9(11-5-6)13-10(12-8)7-2-3-15-14-7/h2-5H,1H3,(H,11,12,13). The van der Waals surface area contributed by atoms with Crippen LogP contribution < -0.4 is 0 Å². The van der Waals surface area contributed by atoms with Crippen LogP contribution in [-0.4, -0.2) is 20.1 Å². The Morgan fingerprint density at radius 1 is 1.40 bits per heavy atom. The van der Waals surface area contributed by atoms with Gasteiger partial charge in [0.25, 0.3) is 0 Å². The SMILES string of the molecule is Cc1cnc2nc(-c3ccon3)[nH]c2c1. The van der Waals surface area contributed by atoms with Crippen molar-refractivity contribution in [3.63, 3.8) is 0 Å². The summed E-state index contributed by atoms with van der Waals surface area (Å²) in [6.45, 7) is 1.99. The maximum atomic E-state index is 4.76. The van der Waals surface area contributed by atoms with Gasteiger partial charge in [0.1, 0.15) is 12.0 Å². The summed E-state index contributed by atoms with van der Waals surface area (Å²) in [6.07, 6.45) is 3.30. The summed E-state index contributed by atoms with van der Waals surface area (Å²) in [6, 6.07) is 3.75. The van der Waals surface area contributed by atoms with Gasteiger partial charge in [0.15, 0.2) is 11.5 Å². The number of hydrogen-bond donors (Lipinski definition) is 1. The van der Waals surface area contributed by atoms with Crippen molar-refractivity contribution in [3.05, 3.63) is 30.2 Å². The number of imidazole rings is 1. The number of aryl methyl sites for hydroxylation is 1. The molecule has 0 saturated heterocycles. The van der Waals surface area contributed by atoms with E-state index in [1.807, 2.05) is 13.0 Å². The summed E-state index contributed by atoms with van der Waals surface area (Å²) in [4.78, 5) is 11.7. The third-order valence-corrected chi connectivity index (χ3v) is 2.15. The lowest BCUT2D eigenvalue weighted by molar-refractivity contribution is 0.422. The molecular formula is C10H8N4O. The molecule has 15 heavy (non-hydrogen) atoms. The Bertz CT molecular complexity index is 597. The zero-order valence-corrected chi connectivity index (χ0v) is 8.06. The Morgan fingerprint density at radius 3 is 3.13 bits per heavy atom. The minimum absolute atomic E-state index is 0.678. The first kappa shape index (κ1) is 8.16. The molecule has 5 nitrogen and oxygen atoms in total. The lowest BCUT2D eigenvalue weighted by Crippen LogP contribution is -1.78. The van der Waals surface area contributed by atoms with E-state index in [1.165, 1.54) is 6.26 Å². The number of hydrogen-bond acceptors (Lipinski definition) is 4. The normalized spacial score (nSPS) is 11.0. The third-order valence-electron chi connectivity index (χ3n) is 2.15. The molecule has 3 aromatic rings. The highest BCUT2D eigenvalue weighted by Crippen LogP contribution is 2.17. The fourth-order valence-electron chi connectivity index (χ4n) is 1.46. The summed E-state index contributed by atoms with van der Waals surface area (Å²) < 4.78 is 4.76. The first-order chi connectivity index (χ1) is 7.33. The zero-order chi connectivity index (χ0) is 10.3. The molecule has 0 aliphatic carbocycles. The second kappa shape index (κ2) is 2.91. The molecule has 0 saturated carbocycles. The number of pyridine rings is 1. The van der Waals surface area contributed by atoms with Crippen LogP contribution in [-0.2, 0) is 0 Å². The van der Waals surface area contributed by atoms with Crippen LogP contribution in [0.2, 0.25) is 0 Å². The quantitative estimate of drug-likeness (QED) is 0.651. The van der Waals surface area contributed by atoms with Crippen molar-refractivity contribution in [3.8, 4) is 11.5 Å². The Morgan fingerprint density at radius 2 is 2.33 bits per heavy atom. The summed E-state index contributed by atoms with van der Waals surface area (Å²) in [5.41, 5.74) is 3.38. The monoisotopic (exact) mass is 200 g/mol. The highest BCUT2D eigenvalue weighted by molar-refractivity contribution is 5.75. The molecule has 3 heterocycles. The largest absolute Gasteiger partial charge is 0.364 e. The molecule has 0 unspecified atom stereocenters. The van der Waals surface area contributed by atoms with Crippen LogP contribution in [0.15, 0.2) is 29.1 Å². The minimum Gasteiger partial charge on any atom is -0.364 e. The van der Waals surface area contributed by atoms with Gasteiger partial charge in [0.2, 0.25) is 0 Å². The Kier molecular flexibility index (Phi) is 1.58. The van der Waals surface area contributed by atoms with Gasteiger partial charge in [-0.15, -0.1) is 0 Å². The molecule has 0 aromatic carbocycles. The van der Waals surface area contributed by atoms with Crippen molar-refractivity contribution in [2.75, 3.05) is 0 Å². The Balaban J connectivity index is 2.22. The lowest BCUT2D eigenvalue weighted by Gasteiger charge is -1.88. The number of H-pyrrole nitrogens is 1. The first-order valence-corrected chi connectivity index (χ1v) is 4.56. The van der Waals surface area contributed by atoms with Gasteiger partial charge in [-0.3, -0.25) is 0 Å². The highest BCUT2D eigenvalue weighted by Gasteiger charge is 2.08. The number of rotatable bonds is 1. The molecule has 0 radical (unpaired) electrons. The van der Waals surface area contributed by atoms with E-state index in [4.69, 9.17) is 4.52 Å². The van der Waals surface area contributed by atoms with Gasteiger partial charge in [0, 0.05) is 12.3 Å². The van der Waals surface area contributed by atoms with E-state index in [0.717, 1.165) is 11.1 Å². The van der Waals surface area contributed by atoms with Crippen LogP contribution >= 0.6 is 0 Å². The molecule has 0 atom stereocenters. The lowest BCUT2D eigenvalue weighted by atomic mass is 10.3. The van der Waals surface area contributed by atoms with Crippen molar-refractivity contribution in [1.82, 2.24) is 20.1 Å². The van der Waals surface area contributed by atoms with Crippen molar-refractivity contribution in [2.45, 2.75) is 6.92 Å². The predicted molar refractivity (Wildman–Crippen MR) is 54.1 cm³/mol. The smallest absolute Gasteiger partial charge is 0.178 e. The molecule has 0 aliphatic rings. The molecule has 1 N–H and O–H groups in total. The second-order valence-corrected chi connectivity index (χ2v) is 3.35. The summed E-state index contributed by atoms with van der Waals surface area (Å²) in [5.74, 6) is 0.678. The van der Waals surface area contributed by atoms with Crippen molar-refractivity contribution < 1.29 is 4.52 Å². The topological polar surface area (TPSA) is 67.6 Å². The van der Waals surface area contributed by atoms with Gasteiger partial charge >= 0.3 is 0 Å². The third kappa shape index (κ3) is 1.28. The molecule has 5 heteroatoms. The van der Waals surface area contributed by atoms with Crippen LogP contribution in [0.3, 0.4) is 0 Å². The highest BCUT2D eigenvalue weighted by atomic mass is 16.5.